The van der Waals surface area contributed by atoms with Gasteiger partial charge in [0, 0.05) is 13.6 Å². The van der Waals surface area contributed by atoms with E-state index in [1.165, 1.54) is 4.90 Å². The quantitative estimate of drug-likeness (QED) is 0.671. The van der Waals surface area contributed by atoms with Crippen molar-refractivity contribution in [2.45, 2.75) is 27.2 Å². The molecule has 0 fully saturated rings. The fourth-order valence-electron chi connectivity index (χ4n) is 1.16. The second-order valence-electron chi connectivity index (χ2n) is 4.68. The summed E-state index contributed by atoms with van der Waals surface area (Å²) in [6.07, 6.45) is -0.205. The molecule has 0 aliphatic carbocycles. The number of carbonyl (C=O) groups excluding carboxylic acids is 2. The number of nitrogens with zero attached hydrogens (tertiary/aromatic N) is 1. The Morgan fingerprint density at radius 1 is 1.29 bits per heavy atom. The lowest BCUT2D eigenvalue weighted by Gasteiger charge is -2.26. The van der Waals surface area contributed by atoms with E-state index in [4.69, 9.17) is 5.11 Å². The van der Waals surface area contributed by atoms with Gasteiger partial charge in [-0.05, 0) is 5.41 Å². The van der Waals surface area contributed by atoms with Crippen LogP contribution in [0.2, 0.25) is 0 Å². The van der Waals surface area contributed by atoms with Crippen molar-refractivity contribution in [2.24, 2.45) is 5.41 Å². The predicted molar refractivity (Wildman–Crippen MR) is 53.8 cm³/mol. The largest absolute Gasteiger partial charge is 0.389 e. The number of amides is 1. The molecule has 0 aromatic heterocycles. The summed E-state index contributed by atoms with van der Waals surface area (Å²) < 4.78 is 0. The van der Waals surface area contributed by atoms with Crippen LogP contribution in [0.25, 0.3) is 0 Å². The number of rotatable bonds is 4. The first kappa shape index (κ1) is 13.1. The third-order valence-corrected chi connectivity index (χ3v) is 1.66. The summed E-state index contributed by atoms with van der Waals surface area (Å²) in [6.45, 7) is 6.10. The number of ketones is 1. The third kappa shape index (κ3) is 5.70. The van der Waals surface area contributed by atoms with Crippen LogP contribution < -0.4 is 0 Å². The molecule has 0 bridgehead atoms. The van der Waals surface area contributed by atoms with E-state index in [-0.39, 0.29) is 17.7 Å². The molecule has 1 amide bonds. The first-order valence-corrected chi connectivity index (χ1v) is 4.63. The maximum absolute atomic E-state index is 11.4. The molecule has 0 aliphatic heterocycles. The maximum Gasteiger partial charge on any atom is 0.229 e. The Morgan fingerprint density at radius 3 is 2.14 bits per heavy atom. The Bertz CT molecular complexity index is 218. The molecule has 14 heavy (non-hydrogen) atoms. The summed E-state index contributed by atoms with van der Waals surface area (Å²) in [5, 5.41) is 8.48. The van der Waals surface area contributed by atoms with Crippen molar-refractivity contribution in [3.05, 3.63) is 0 Å². The van der Waals surface area contributed by atoms with Crippen molar-refractivity contribution in [2.75, 3.05) is 20.2 Å². The maximum atomic E-state index is 11.4. The first-order valence-electron chi connectivity index (χ1n) is 4.63. The van der Waals surface area contributed by atoms with Crippen LogP contribution in [0.5, 0.6) is 0 Å². The van der Waals surface area contributed by atoms with Gasteiger partial charge in [-0.15, -0.1) is 0 Å². The zero-order valence-corrected chi connectivity index (χ0v) is 9.33. The van der Waals surface area contributed by atoms with Crippen LogP contribution in [0.1, 0.15) is 27.2 Å². The molecule has 0 rings (SSSR count). The van der Waals surface area contributed by atoms with Crippen molar-refractivity contribution in [3.63, 3.8) is 0 Å². The van der Waals surface area contributed by atoms with E-state index >= 15 is 0 Å². The molecule has 0 saturated heterocycles. The van der Waals surface area contributed by atoms with E-state index in [0.717, 1.165) is 0 Å². The van der Waals surface area contributed by atoms with Crippen LogP contribution >= 0.6 is 0 Å². The molecule has 0 atom stereocenters. The van der Waals surface area contributed by atoms with Crippen LogP contribution in [0, 0.1) is 5.41 Å². The standard InChI is InChI=1S/C10H19NO3/c1-10(2,3)7-11(4)9(14)5-8(13)6-12/h12H,5-7H2,1-4H3. The average molecular weight is 201 g/mol. The molecule has 0 aromatic rings. The molecular weight excluding hydrogens is 182 g/mol. The van der Waals surface area contributed by atoms with Gasteiger partial charge in [-0.1, -0.05) is 20.8 Å². The van der Waals surface area contributed by atoms with Gasteiger partial charge < -0.3 is 10.0 Å². The molecule has 0 radical (unpaired) electrons. The lowest BCUT2D eigenvalue weighted by atomic mass is 9.96. The molecule has 0 heterocycles. The van der Waals surface area contributed by atoms with Crippen molar-refractivity contribution < 1.29 is 14.7 Å². The van der Waals surface area contributed by atoms with Gasteiger partial charge in [0.25, 0.3) is 0 Å². The number of Topliss-reactive ketones (excluding diaryl/α,β-unsaturated/α-hetero) is 1. The van der Waals surface area contributed by atoms with Gasteiger partial charge in [0.05, 0.1) is 6.42 Å². The van der Waals surface area contributed by atoms with Gasteiger partial charge in [-0.2, -0.15) is 0 Å². The average Bonchev–Trinajstić information content (AvgIpc) is 2.00. The minimum Gasteiger partial charge on any atom is -0.389 e. The van der Waals surface area contributed by atoms with Crippen molar-refractivity contribution in [1.29, 1.82) is 0 Å². The van der Waals surface area contributed by atoms with E-state index in [9.17, 15) is 9.59 Å². The summed E-state index contributed by atoms with van der Waals surface area (Å²) >= 11 is 0. The van der Waals surface area contributed by atoms with E-state index in [1.54, 1.807) is 7.05 Å². The summed E-state index contributed by atoms with van der Waals surface area (Å²) in [5.41, 5.74) is 0.0205. The molecule has 0 saturated carbocycles. The van der Waals surface area contributed by atoms with Crippen LogP contribution in [-0.2, 0) is 9.59 Å². The lowest BCUT2D eigenvalue weighted by molar-refractivity contribution is -0.136. The van der Waals surface area contributed by atoms with E-state index in [1.807, 2.05) is 20.8 Å². The minimum absolute atomic E-state index is 0.0205. The molecule has 0 aliphatic rings. The minimum atomic E-state index is -0.560. The Balaban J connectivity index is 4.07. The highest BCUT2D eigenvalue weighted by Gasteiger charge is 2.19. The smallest absolute Gasteiger partial charge is 0.229 e. The molecule has 1 N–H and O–H groups in total. The van der Waals surface area contributed by atoms with Gasteiger partial charge in [-0.25, -0.2) is 0 Å². The number of hydrogen-bond donors (Lipinski definition) is 1. The highest BCUT2D eigenvalue weighted by molar-refractivity contribution is 5.98. The Kier molecular flexibility index (Phi) is 4.77. The van der Waals surface area contributed by atoms with Gasteiger partial charge in [0.1, 0.15) is 6.61 Å². The molecule has 0 aromatic carbocycles. The number of aliphatic hydroxyl groups is 1. The van der Waals surface area contributed by atoms with Crippen molar-refractivity contribution in [3.8, 4) is 0 Å². The second-order valence-corrected chi connectivity index (χ2v) is 4.68. The lowest BCUT2D eigenvalue weighted by Crippen LogP contribution is -2.35. The zero-order chi connectivity index (χ0) is 11.4. The molecule has 4 nitrogen and oxygen atoms in total. The number of hydrogen-bond acceptors (Lipinski definition) is 3. The third-order valence-electron chi connectivity index (χ3n) is 1.66. The summed E-state index contributed by atoms with van der Waals surface area (Å²) in [6, 6.07) is 0. The van der Waals surface area contributed by atoms with Crippen LogP contribution in [0.3, 0.4) is 0 Å². The van der Waals surface area contributed by atoms with E-state index < -0.39 is 12.4 Å². The fourth-order valence-corrected chi connectivity index (χ4v) is 1.16. The van der Waals surface area contributed by atoms with Crippen LogP contribution in [0.15, 0.2) is 0 Å². The second kappa shape index (κ2) is 5.10. The van der Waals surface area contributed by atoms with Gasteiger partial charge in [0.15, 0.2) is 5.78 Å². The highest BCUT2D eigenvalue weighted by atomic mass is 16.3. The molecule has 0 spiro atoms. The zero-order valence-electron chi connectivity index (χ0n) is 9.33. The first-order chi connectivity index (χ1) is 6.26. The van der Waals surface area contributed by atoms with Crippen molar-refractivity contribution >= 4 is 11.7 Å². The normalized spacial score (nSPS) is 11.2. The SMILES string of the molecule is CN(CC(C)(C)C)C(=O)CC(=O)CO. The monoisotopic (exact) mass is 201 g/mol. The molecule has 0 unspecified atom stereocenters. The van der Waals surface area contributed by atoms with Gasteiger partial charge in [0.2, 0.25) is 5.91 Å². The highest BCUT2D eigenvalue weighted by Crippen LogP contribution is 2.14. The fraction of sp³-hybridized carbons (Fsp3) is 0.800. The Labute approximate surface area is 84.9 Å². The predicted octanol–water partition coefficient (Wildman–Crippen LogP) is 0.442. The summed E-state index contributed by atoms with van der Waals surface area (Å²) in [4.78, 5) is 23.7. The Morgan fingerprint density at radius 2 is 1.79 bits per heavy atom. The number of aliphatic hydroxyl groups excluding tert-OH is 1. The molecule has 4 heteroatoms. The number of carbonyl (C=O) groups is 2. The van der Waals surface area contributed by atoms with Gasteiger partial charge in [-0.3, -0.25) is 9.59 Å². The van der Waals surface area contributed by atoms with Crippen LogP contribution in [-0.4, -0.2) is 41.9 Å². The van der Waals surface area contributed by atoms with Crippen molar-refractivity contribution in [1.82, 2.24) is 4.90 Å². The summed E-state index contributed by atoms with van der Waals surface area (Å²) in [7, 11) is 1.66. The molecular formula is C10H19NO3. The van der Waals surface area contributed by atoms with Crippen LogP contribution in [0.4, 0.5) is 0 Å². The molecule has 82 valence electrons. The van der Waals surface area contributed by atoms with E-state index in [0.29, 0.717) is 6.54 Å². The topological polar surface area (TPSA) is 57.6 Å². The van der Waals surface area contributed by atoms with E-state index in [2.05, 4.69) is 0 Å². The Hall–Kier alpha value is -0.900. The summed E-state index contributed by atoms with van der Waals surface area (Å²) in [5.74, 6) is -0.672. The van der Waals surface area contributed by atoms with Gasteiger partial charge >= 0.3 is 0 Å².